The summed E-state index contributed by atoms with van der Waals surface area (Å²) >= 11 is 0. The van der Waals surface area contributed by atoms with Gasteiger partial charge in [0.1, 0.15) is 0 Å². The third-order valence-electron chi connectivity index (χ3n) is 4.11. The molecule has 2 heterocycles. The fraction of sp³-hybridized carbons (Fsp3) is 0.533. The third-order valence-corrected chi connectivity index (χ3v) is 4.11. The van der Waals surface area contributed by atoms with Crippen LogP contribution in [0, 0.1) is 6.92 Å². The Kier molecular flexibility index (Phi) is 3.40. The summed E-state index contributed by atoms with van der Waals surface area (Å²) in [6.07, 6.45) is 1.49. The highest BCUT2D eigenvalue weighted by molar-refractivity contribution is 5.96. The number of amides is 1. The van der Waals surface area contributed by atoms with Gasteiger partial charge < -0.3 is 20.1 Å². The van der Waals surface area contributed by atoms with Crippen LogP contribution in [0.15, 0.2) is 18.2 Å². The molecule has 5 nitrogen and oxygen atoms in total. The van der Waals surface area contributed by atoms with Crippen LogP contribution in [0.3, 0.4) is 0 Å². The van der Waals surface area contributed by atoms with Crippen LogP contribution in [0.25, 0.3) is 0 Å². The summed E-state index contributed by atoms with van der Waals surface area (Å²) in [5, 5.41) is 0. The second kappa shape index (κ2) is 5.07. The molecule has 0 unspecified atom stereocenters. The molecule has 1 aromatic carbocycles. The third kappa shape index (κ3) is 2.39. The molecule has 2 N–H and O–H groups in total. The van der Waals surface area contributed by atoms with Gasteiger partial charge in [-0.15, -0.1) is 0 Å². The summed E-state index contributed by atoms with van der Waals surface area (Å²) in [6.45, 7) is 4.57. The van der Waals surface area contributed by atoms with Crippen molar-refractivity contribution in [2.75, 3.05) is 32.0 Å². The lowest BCUT2D eigenvalue weighted by molar-refractivity contribution is -0.181. The first-order valence-electron chi connectivity index (χ1n) is 7.03. The number of rotatable bonds is 1. The molecule has 1 aromatic rings. The van der Waals surface area contributed by atoms with Crippen molar-refractivity contribution >= 4 is 11.6 Å². The first-order valence-corrected chi connectivity index (χ1v) is 7.03. The number of carbonyl (C=O) groups is 1. The Morgan fingerprint density at radius 2 is 1.90 bits per heavy atom. The molecule has 20 heavy (non-hydrogen) atoms. The van der Waals surface area contributed by atoms with Crippen molar-refractivity contribution in [2.24, 2.45) is 0 Å². The number of nitrogen functional groups attached to an aromatic ring is 1. The lowest BCUT2D eigenvalue weighted by atomic mass is 10.0. The molecule has 3 rings (SSSR count). The van der Waals surface area contributed by atoms with E-state index in [9.17, 15) is 4.79 Å². The van der Waals surface area contributed by atoms with Gasteiger partial charge in [-0.25, -0.2) is 0 Å². The summed E-state index contributed by atoms with van der Waals surface area (Å²) in [4.78, 5) is 14.4. The topological polar surface area (TPSA) is 64.8 Å². The minimum absolute atomic E-state index is 0.0651. The van der Waals surface area contributed by atoms with Crippen molar-refractivity contribution in [3.8, 4) is 0 Å². The Morgan fingerprint density at radius 3 is 2.50 bits per heavy atom. The highest BCUT2D eigenvalue weighted by Gasteiger charge is 2.40. The SMILES string of the molecule is Cc1cc(N)ccc1C(=O)N1CCC2(CC1)OCCO2. The number of benzene rings is 1. The summed E-state index contributed by atoms with van der Waals surface area (Å²) in [7, 11) is 0. The number of carbonyl (C=O) groups excluding carboxylic acids is 1. The first kappa shape index (κ1) is 13.4. The molecular weight excluding hydrogens is 256 g/mol. The largest absolute Gasteiger partial charge is 0.399 e. The Hall–Kier alpha value is -1.59. The number of likely N-dealkylation sites (tertiary alicyclic amines) is 1. The lowest BCUT2D eigenvalue weighted by Crippen LogP contribution is -2.47. The number of aryl methyl sites for hydroxylation is 1. The van der Waals surface area contributed by atoms with E-state index >= 15 is 0 Å². The van der Waals surface area contributed by atoms with Crippen LogP contribution in [0.2, 0.25) is 0 Å². The fourth-order valence-electron chi connectivity index (χ4n) is 2.93. The molecule has 5 heteroatoms. The number of anilines is 1. The number of nitrogens with two attached hydrogens (primary N) is 1. The number of nitrogens with zero attached hydrogens (tertiary/aromatic N) is 1. The molecule has 2 saturated heterocycles. The smallest absolute Gasteiger partial charge is 0.254 e. The van der Waals surface area contributed by atoms with Crippen molar-refractivity contribution < 1.29 is 14.3 Å². The second-order valence-corrected chi connectivity index (χ2v) is 5.47. The zero-order valence-corrected chi connectivity index (χ0v) is 11.7. The van der Waals surface area contributed by atoms with Crippen molar-refractivity contribution in [1.29, 1.82) is 0 Å². The summed E-state index contributed by atoms with van der Waals surface area (Å²) in [5.74, 6) is -0.372. The molecule has 108 valence electrons. The predicted molar refractivity (Wildman–Crippen MR) is 75.4 cm³/mol. The lowest BCUT2D eigenvalue weighted by Gasteiger charge is -2.37. The van der Waals surface area contributed by atoms with Crippen LogP contribution < -0.4 is 5.73 Å². The predicted octanol–water partition coefficient (Wildman–Crippen LogP) is 1.56. The van der Waals surface area contributed by atoms with Crippen molar-refractivity contribution in [3.05, 3.63) is 29.3 Å². The summed E-state index contributed by atoms with van der Waals surface area (Å²) in [6, 6.07) is 5.41. The van der Waals surface area contributed by atoms with Crippen molar-refractivity contribution in [3.63, 3.8) is 0 Å². The molecule has 0 aromatic heterocycles. The van der Waals surface area contributed by atoms with Gasteiger partial charge in [-0.2, -0.15) is 0 Å². The van der Waals surface area contributed by atoms with Gasteiger partial charge >= 0.3 is 0 Å². The molecule has 0 aliphatic carbocycles. The van der Waals surface area contributed by atoms with Gasteiger partial charge in [0.05, 0.1) is 13.2 Å². The van der Waals surface area contributed by atoms with E-state index in [2.05, 4.69) is 0 Å². The van der Waals surface area contributed by atoms with E-state index in [-0.39, 0.29) is 5.91 Å². The van der Waals surface area contributed by atoms with E-state index < -0.39 is 5.79 Å². The highest BCUT2D eigenvalue weighted by atomic mass is 16.7. The van der Waals surface area contributed by atoms with Gasteiger partial charge in [0.15, 0.2) is 5.79 Å². The Morgan fingerprint density at radius 1 is 1.25 bits per heavy atom. The van der Waals surface area contributed by atoms with E-state index in [1.807, 2.05) is 17.9 Å². The standard InChI is InChI=1S/C15H20N2O3/c1-11-10-12(16)2-3-13(11)14(18)17-6-4-15(5-7-17)19-8-9-20-15/h2-3,10H,4-9,16H2,1H3. The normalized spacial score (nSPS) is 21.4. The van der Waals surface area contributed by atoms with Gasteiger partial charge in [-0.05, 0) is 30.7 Å². The minimum Gasteiger partial charge on any atom is -0.399 e. The zero-order chi connectivity index (χ0) is 14.2. The van der Waals surface area contributed by atoms with E-state index in [4.69, 9.17) is 15.2 Å². The maximum Gasteiger partial charge on any atom is 0.254 e. The van der Waals surface area contributed by atoms with Gasteiger partial charge in [-0.3, -0.25) is 4.79 Å². The first-order chi connectivity index (χ1) is 9.60. The molecule has 1 amide bonds. The van der Waals surface area contributed by atoms with Gasteiger partial charge in [0, 0.05) is 37.2 Å². The maximum atomic E-state index is 12.5. The second-order valence-electron chi connectivity index (χ2n) is 5.47. The molecular formula is C15H20N2O3. The summed E-state index contributed by atoms with van der Waals surface area (Å²) in [5.41, 5.74) is 8.06. The van der Waals surface area contributed by atoms with Crippen LogP contribution in [0.1, 0.15) is 28.8 Å². The molecule has 0 atom stereocenters. The van der Waals surface area contributed by atoms with Gasteiger partial charge in [0.2, 0.25) is 0 Å². The Labute approximate surface area is 118 Å². The Balaban J connectivity index is 1.69. The molecule has 0 bridgehead atoms. The van der Waals surface area contributed by atoms with Gasteiger partial charge in [0.25, 0.3) is 5.91 Å². The molecule has 1 spiro atoms. The average molecular weight is 276 g/mol. The zero-order valence-electron chi connectivity index (χ0n) is 11.7. The molecule has 0 radical (unpaired) electrons. The monoisotopic (exact) mass is 276 g/mol. The quantitative estimate of drug-likeness (QED) is 0.791. The molecule has 2 aliphatic rings. The van der Waals surface area contributed by atoms with Crippen LogP contribution in [0.5, 0.6) is 0 Å². The number of hydrogen-bond acceptors (Lipinski definition) is 4. The van der Waals surface area contributed by atoms with Crippen LogP contribution in [0.4, 0.5) is 5.69 Å². The van der Waals surface area contributed by atoms with E-state index in [1.54, 1.807) is 12.1 Å². The Bertz CT molecular complexity index is 514. The minimum atomic E-state index is -0.438. The van der Waals surface area contributed by atoms with E-state index in [0.29, 0.717) is 32.0 Å². The van der Waals surface area contributed by atoms with E-state index in [1.165, 1.54) is 0 Å². The number of ether oxygens (including phenoxy) is 2. The highest BCUT2D eigenvalue weighted by Crippen LogP contribution is 2.32. The van der Waals surface area contributed by atoms with Crippen molar-refractivity contribution in [2.45, 2.75) is 25.6 Å². The molecule has 0 saturated carbocycles. The number of piperidine rings is 1. The fourth-order valence-corrected chi connectivity index (χ4v) is 2.93. The van der Waals surface area contributed by atoms with Crippen LogP contribution in [-0.2, 0) is 9.47 Å². The van der Waals surface area contributed by atoms with E-state index in [0.717, 1.165) is 24.0 Å². The average Bonchev–Trinajstić information content (AvgIpc) is 2.87. The molecule has 2 aliphatic heterocycles. The summed E-state index contributed by atoms with van der Waals surface area (Å²) < 4.78 is 11.4. The molecule has 2 fully saturated rings. The van der Waals surface area contributed by atoms with Gasteiger partial charge in [-0.1, -0.05) is 0 Å². The van der Waals surface area contributed by atoms with Crippen LogP contribution >= 0.6 is 0 Å². The number of hydrogen-bond donors (Lipinski definition) is 1. The van der Waals surface area contributed by atoms with Crippen molar-refractivity contribution in [1.82, 2.24) is 4.90 Å². The maximum absolute atomic E-state index is 12.5. The van der Waals surface area contributed by atoms with Crippen LogP contribution in [-0.4, -0.2) is 42.9 Å².